The Morgan fingerprint density at radius 2 is 1.94 bits per heavy atom. The number of rotatable bonds is 4. The van der Waals surface area contributed by atoms with Gasteiger partial charge in [-0.1, -0.05) is 13.8 Å². The van der Waals surface area contributed by atoms with Gasteiger partial charge in [-0.05, 0) is 30.9 Å². The Balaban J connectivity index is 2.61. The zero-order chi connectivity index (χ0) is 13.1. The van der Waals surface area contributed by atoms with E-state index in [0.29, 0.717) is 6.54 Å². The topological polar surface area (TPSA) is 69.6 Å². The summed E-state index contributed by atoms with van der Waals surface area (Å²) in [6.07, 6.45) is 5.54. The first-order chi connectivity index (χ1) is 8.71. The van der Waals surface area contributed by atoms with E-state index in [9.17, 15) is 0 Å². The molecule has 96 valence electrons. The van der Waals surface area contributed by atoms with Crippen LogP contribution in [0.1, 0.15) is 36.2 Å². The number of hydrogen-bond acceptors (Lipinski definition) is 4. The minimum Gasteiger partial charge on any atom is -0.326 e. The molecule has 0 radical (unpaired) electrons. The monoisotopic (exact) mass is 245 g/mol. The molecule has 0 aliphatic heterocycles. The van der Waals surface area contributed by atoms with Crippen LogP contribution < -0.4 is 5.73 Å². The molecule has 0 saturated carbocycles. The second kappa shape index (κ2) is 5.27. The second-order valence-corrected chi connectivity index (χ2v) is 4.30. The smallest absolute Gasteiger partial charge is 0.180 e. The summed E-state index contributed by atoms with van der Waals surface area (Å²) in [6, 6.07) is 0. The van der Waals surface area contributed by atoms with Crippen molar-refractivity contribution in [3.63, 3.8) is 0 Å². The van der Waals surface area contributed by atoms with E-state index in [0.717, 1.165) is 35.5 Å². The van der Waals surface area contributed by atoms with Crippen molar-refractivity contribution in [2.75, 3.05) is 0 Å². The molecule has 0 saturated heterocycles. The highest BCUT2D eigenvalue weighted by Gasteiger charge is 2.14. The zero-order valence-corrected chi connectivity index (χ0v) is 11.1. The van der Waals surface area contributed by atoms with Gasteiger partial charge in [-0.2, -0.15) is 10.2 Å². The number of hydrogen-bond donors (Lipinski definition) is 1. The quantitative estimate of drug-likeness (QED) is 0.887. The zero-order valence-electron chi connectivity index (χ0n) is 11.1. The van der Waals surface area contributed by atoms with Crippen LogP contribution in [-0.2, 0) is 19.4 Å². The van der Waals surface area contributed by atoms with Crippen LogP contribution in [0.25, 0.3) is 5.82 Å². The normalized spacial score (nSPS) is 10.9. The molecule has 0 aliphatic rings. The average molecular weight is 245 g/mol. The van der Waals surface area contributed by atoms with Crippen molar-refractivity contribution >= 4 is 0 Å². The molecular weight excluding hydrogens is 226 g/mol. The van der Waals surface area contributed by atoms with Gasteiger partial charge in [0.2, 0.25) is 0 Å². The Hall–Kier alpha value is -1.75. The predicted molar refractivity (Wildman–Crippen MR) is 70.5 cm³/mol. The molecule has 2 heterocycles. The molecule has 0 aliphatic carbocycles. The number of aryl methyl sites for hydroxylation is 2. The summed E-state index contributed by atoms with van der Waals surface area (Å²) in [5, 5.41) is 12.9. The van der Waals surface area contributed by atoms with Crippen LogP contribution in [0, 0.1) is 6.92 Å². The van der Waals surface area contributed by atoms with Gasteiger partial charge in [-0.25, -0.2) is 4.68 Å². The molecule has 2 aromatic rings. The summed E-state index contributed by atoms with van der Waals surface area (Å²) in [5.74, 6) is 0.750. The summed E-state index contributed by atoms with van der Waals surface area (Å²) < 4.78 is 1.75. The number of aromatic nitrogens is 4. The fourth-order valence-electron chi connectivity index (χ4n) is 2.17. The van der Waals surface area contributed by atoms with Crippen molar-refractivity contribution in [1.82, 2.24) is 20.0 Å². The van der Waals surface area contributed by atoms with Crippen LogP contribution in [0.5, 0.6) is 0 Å². The third kappa shape index (κ3) is 2.13. The van der Waals surface area contributed by atoms with Crippen molar-refractivity contribution in [2.24, 2.45) is 5.73 Å². The Bertz CT molecular complexity index is 544. The lowest BCUT2D eigenvalue weighted by Crippen LogP contribution is -2.14. The lowest BCUT2D eigenvalue weighted by molar-refractivity contribution is 0.755. The van der Waals surface area contributed by atoms with E-state index in [4.69, 9.17) is 5.73 Å². The molecule has 5 heteroatoms. The van der Waals surface area contributed by atoms with Gasteiger partial charge in [0.25, 0.3) is 0 Å². The third-order valence-electron chi connectivity index (χ3n) is 3.07. The maximum absolute atomic E-state index is 5.89. The van der Waals surface area contributed by atoms with E-state index in [1.54, 1.807) is 10.9 Å². The van der Waals surface area contributed by atoms with Crippen LogP contribution >= 0.6 is 0 Å². The molecular formula is C13H19N5. The maximum Gasteiger partial charge on any atom is 0.180 e. The van der Waals surface area contributed by atoms with E-state index < -0.39 is 0 Å². The van der Waals surface area contributed by atoms with E-state index in [-0.39, 0.29) is 0 Å². The number of nitrogens with zero attached hydrogens (tertiary/aromatic N) is 4. The fourth-order valence-corrected chi connectivity index (χ4v) is 2.17. The fraction of sp³-hybridized carbons (Fsp3) is 0.462. The molecule has 0 unspecified atom stereocenters. The summed E-state index contributed by atoms with van der Waals surface area (Å²) >= 11 is 0. The van der Waals surface area contributed by atoms with Gasteiger partial charge in [-0.3, -0.25) is 0 Å². The molecule has 0 fully saturated rings. The molecule has 2 aromatic heterocycles. The summed E-state index contributed by atoms with van der Waals surface area (Å²) in [7, 11) is 0. The van der Waals surface area contributed by atoms with E-state index in [1.165, 1.54) is 5.56 Å². The third-order valence-corrected chi connectivity index (χ3v) is 3.07. The van der Waals surface area contributed by atoms with Gasteiger partial charge >= 0.3 is 0 Å². The van der Waals surface area contributed by atoms with Crippen LogP contribution in [0.2, 0.25) is 0 Å². The highest BCUT2D eigenvalue weighted by molar-refractivity contribution is 5.41. The number of nitrogens with two attached hydrogens (primary N) is 1. The van der Waals surface area contributed by atoms with Gasteiger partial charge in [0.1, 0.15) is 0 Å². The first kappa shape index (κ1) is 12.7. The molecule has 0 amide bonds. The lowest BCUT2D eigenvalue weighted by atomic mass is 10.0. The first-order valence-electron chi connectivity index (χ1n) is 6.30. The van der Waals surface area contributed by atoms with Crippen molar-refractivity contribution in [3.05, 3.63) is 34.8 Å². The second-order valence-electron chi connectivity index (χ2n) is 4.30. The van der Waals surface area contributed by atoms with Crippen LogP contribution in [0.15, 0.2) is 12.4 Å². The van der Waals surface area contributed by atoms with E-state index in [2.05, 4.69) is 29.1 Å². The molecule has 2 N–H and O–H groups in total. The average Bonchev–Trinajstić information content (AvgIpc) is 2.83. The molecule has 0 aromatic carbocycles. The standard InChI is InChI=1S/C13H19N5/c1-4-10-11(6-14)13(17-16-12(10)5-2)18-8-9(3)7-15-18/h7-8H,4-6,14H2,1-3H3. The van der Waals surface area contributed by atoms with Gasteiger partial charge in [0, 0.05) is 18.3 Å². The van der Waals surface area contributed by atoms with Gasteiger partial charge in [0.15, 0.2) is 5.82 Å². The Labute approximate surface area is 107 Å². The lowest BCUT2D eigenvalue weighted by Gasteiger charge is -2.13. The minimum atomic E-state index is 0.458. The summed E-state index contributed by atoms with van der Waals surface area (Å²) in [4.78, 5) is 0. The van der Waals surface area contributed by atoms with Crippen LogP contribution in [0.4, 0.5) is 0 Å². The molecule has 0 bridgehead atoms. The predicted octanol–water partition coefficient (Wildman–Crippen LogP) is 1.55. The van der Waals surface area contributed by atoms with Crippen molar-refractivity contribution in [3.8, 4) is 5.82 Å². The molecule has 0 spiro atoms. The van der Waals surface area contributed by atoms with Crippen molar-refractivity contribution < 1.29 is 0 Å². The highest BCUT2D eigenvalue weighted by Crippen LogP contribution is 2.19. The molecule has 2 rings (SSSR count). The molecule has 0 atom stereocenters. The van der Waals surface area contributed by atoms with Gasteiger partial charge < -0.3 is 5.73 Å². The van der Waals surface area contributed by atoms with E-state index in [1.807, 2.05) is 13.1 Å². The van der Waals surface area contributed by atoms with Gasteiger partial charge in [0.05, 0.1) is 11.9 Å². The molecule has 18 heavy (non-hydrogen) atoms. The first-order valence-corrected chi connectivity index (χ1v) is 6.30. The SMILES string of the molecule is CCc1nnc(-n2cc(C)cn2)c(CN)c1CC. The Kier molecular flexibility index (Phi) is 3.72. The van der Waals surface area contributed by atoms with Crippen LogP contribution in [0.3, 0.4) is 0 Å². The van der Waals surface area contributed by atoms with Gasteiger partial charge in [-0.15, -0.1) is 5.10 Å². The van der Waals surface area contributed by atoms with E-state index >= 15 is 0 Å². The highest BCUT2D eigenvalue weighted by atomic mass is 15.3. The largest absolute Gasteiger partial charge is 0.326 e. The van der Waals surface area contributed by atoms with Crippen molar-refractivity contribution in [2.45, 2.75) is 40.2 Å². The minimum absolute atomic E-state index is 0.458. The Morgan fingerprint density at radius 1 is 1.17 bits per heavy atom. The van der Waals surface area contributed by atoms with Crippen LogP contribution in [-0.4, -0.2) is 20.0 Å². The molecule has 5 nitrogen and oxygen atoms in total. The Morgan fingerprint density at radius 3 is 2.44 bits per heavy atom. The van der Waals surface area contributed by atoms with Crippen molar-refractivity contribution in [1.29, 1.82) is 0 Å². The maximum atomic E-state index is 5.89. The summed E-state index contributed by atoms with van der Waals surface area (Å²) in [5.41, 5.74) is 10.3. The summed E-state index contributed by atoms with van der Waals surface area (Å²) in [6.45, 7) is 6.66.